The third-order valence-corrected chi connectivity index (χ3v) is 6.26. The average Bonchev–Trinajstić information content (AvgIpc) is 3.07. The highest BCUT2D eigenvalue weighted by Gasteiger charge is 2.50. The van der Waals surface area contributed by atoms with E-state index in [2.05, 4.69) is 47.8 Å². The summed E-state index contributed by atoms with van der Waals surface area (Å²) in [5.74, 6) is 1.90. The first-order chi connectivity index (χ1) is 12.4. The Labute approximate surface area is 153 Å². The van der Waals surface area contributed by atoms with Crippen LogP contribution in [0.3, 0.4) is 0 Å². The molecular weight excluding hydrogens is 324 g/mol. The van der Waals surface area contributed by atoms with Crippen molar-refractivity contribution in [3.63, 3.8) is 0 Å². The largest absolute Gasteiger partial charge is 0.497 e. The molecule has 0 unspecified atom stereocenters. The number of nitrogens with zero attached hydrogens (tertiary/aromatic N) is 3. The Kier molecular flexibility index (Phi) is 3.13. The monoisotopic (exact) mass is 350 g/mol. The number of benzene rings is 1. The number of fused-ring (bicyclic) bond motifs is 5. The minimum absolute atomic E-state index is 0.374. The summed E-state index contributed by atoms with van der Waals surface area (Å²) in [6, 6.07) is 6.66. The molecule has 0 amide bonds. The van der Waals surface area contributed by atoms with E-state index in [1.165, 1.54) is 19.3 Å². The van der Waals surface area contributed by atoms with E-state index in [0.717, 1.165) is 40.0 Å². The number of rotatable bonds is 2. The Morgan fingerprint density at radius 2 is 2.04 bits per heavy atom. The molecule has 0 spiro atoms. The Bertz CT molecular complexity index is 1010. The van der Waals surface area contributed by atoms with Crippen LogP contribution in [0.25, 0.3) is 21.9 Å². The van der Waals surface area contributed by atoms with E-state index in [9.17, 15) is 0 Å². The summed E-state index contributed by atoms with van der Waals surface area (Å²) in [7, 11) is 1.70. The lowest BCUT2D eigenvalue weighted by molar-refractivity contribution is 0.136. The quantitative estimate of drug-likeness (QED) is 0.738. The van der Waals surface area contributed by atoms with Crippen molar-refractivity contribution in [3.8, 4) is 5.75 Å². The fourth-order valence-electron chi connectivity index (χ4n) is 5.71. The summed E-state index contributed by atoms with van der Waals surface area (Å²) in [6.07, 6.45) is 5.48. The van der Waals surface area contributed by atoms with E-state index < -0.39 is 0 Å². The molecule has 1 saturated carbocycles. The van der Waals surface area contributed by atoms with Crippen LogP contribution in [0.15, 0.2) is 24.5 Å². The molecule has 2 aliphatic rings. The average molecular weight is 350 g/mol. The molecule has 2 aromatic heterocycles. The minimum atomic E-state index is 0.374. The molecule has 1 saturated heterocycles. The lowest BCUT2D eigenvalue weighted by Gasteiger charge is -2.39. The Morgan fingerprint density at radius 1 is 1.19 bits per heavy atom. The van der Waals surface area contributed by atoms with E-state index in [1.54, 1.807) is 13.4 Å². The molecule has 136 valence electrons. The number of nitrogens with one attached hydrogen (secondary N) is 1. The second-order valence-corrected chi connectivity index (χ2v) is 9.30. The SMILES string of the molecule is COc1ccc2[nH]c3c(N4C[C@]5(C)C[C@H]4CC(C)(C)C5)ncnc3c2c1. The van der Waals surface area contributed by atoms with Gasteiger partial charge in [0, 0.05) is 23.5 Å². The minimum Gasteiger partial charge on any atom is -0.497 e. The maximum atomic E-state index is 5.40. The van der Waals surface area contributed by atoms with Crippen molar-refractivity contribution < 1.29 is 4.74 Å². The van der Waals surface area contributed by atoms with Gasteiger partial charge in [-0.1, -0.05) is 20.8 Å². The number of anilines is 1. The zero-order valence-electron chi connectivity index (χ0n) is 16.0. The topological polar surface area (TPSA) is 54.0 Å². The van der Waals surface area contributed by atoms with Crippen LogP contribution in [-0.2, 0) is 0 Å². The van der Waals surface area contributed by atoms with Crippen LogP contribution in [0, 0.1) is 10.8 Å². The van der Waals surface area contributed by atoms with Crippen molar-refractivity contribution in [1.29, 1.82) is 0 Å². The zero-order valence-corrected chi connectivity index (χ0v) is 16.0. The van der Waals surface area contributed by atoms with Crippen LogP contribution in [0.1, 0.15) is 40.0 Å². The number of ether oxygens (including phenoxy) is 1. The van der Waals surface area contributed by atoms with Gasteiger partial charge in [-0.3, -0.25) is 0 Å². The summed E-state index contributed by atoms with van der Waals surface area (Å²) < 4.78 is 5.40. The molecule has 0 radical (unpaired) electrons. The first kappa shape index (κ1) is 15.9. The molecule has 3 heterocycles. The molecule has 5 rings (SSSR count). The van der Waals surface area contributed by atoms with Gasteiger partial charge in [0.15, 0.2) is 5.82 Å². The van der Waals surface area contributed by atoms with Gasteiger partial charge in [-0.25, -0.2) is 9.97 Å². The van der Waals surface area contributed by atoms with Crippen LogP contribution >= 0.6 is 0 Å². The predicted molar refractivity (Wildman–Crippen MR) is 105 cm³/mol. The highest BCUT2D eigenvalue weighted by atomic mass is 16.5. The molecule has 5 heteroatoms. The number of hydrogen-bond acceptors (Lipinski definition) is 4. The van der Waals surface area contributed by atoms with Crippen LogP contribution in [0.4, 0.5) is 5.82 Å². The molecule has 2 fully saturated rings. The third kappa shape index (κ3) is 2.29. The Balaban J connectivity index is 1.66. The van der Waals surface area contributed by atoms with E-state index in [0.29, 0.717) is 16.9 Å². The molecular formula is C21H26N4O. The van der Waals surface area contributed by atoms with E-state index in [1.807, 2.05) is 6.07 Å². The number of aromatic amines is 1. The summed E-state index contributed by atoms with van der Waals surface area (Å²) in [4.78, 5) is 15.4. The first-order valence-electron chi connectivity index (χ1n) is 9.45. The lowest BCUT2D eigenvalue weighted by Crippen LogP contribution is -2.35. The number of H-pyrrole nitrogens is 1. The van der Waals surface area contributed by atoms with Crippen molar-refractivity contribution in [1.82, 2.24) is 15.0 Å². The van der Waals surface area contributed by atoms with E-state index in [4.69, 9.17) is 9.72 Å². The third-order valence-electron chi connectivity index (χ3n) is 6.26. The highest BCUT2D eigenvalue weighted by Crippen LogP contribution is 2.53. The number of methoxy groups -OCH3 is 1. The molecule has 5 nitrogen and oxygen atoms in total. The van der Waals surface area contributed by atoms with Gasteiger partial charge in [-0.15, -0.1) is 0 Å². The van der Waals surface area contributed by atoms with Crippen molar-refractivity contribution in [2.24, 2.45) is 10.8 Å². The predicted octanol–water partition coefficient (Wildman–Crippen LogP) is 4.52. The smallest absolute Gasteiger partial charge is 0.156 e. The number of aromatic nitrogens is 3. The second kappa shape index (κ2) is 5.12. The first-order valence-corrected chi connectivity index (χ1v) is 9.45. The van der Waals surface area contributed by atoms with Gasteiger partial charge >= 0.3 is 0 Å². The standard InChI is InChI=1S/C21H26N4O/c1-20(2)8-13-9-21(3,10-20)11-25(13)19-18-17(22-12-23-19)15-7-14(26-4)5-6-16(15)24-18/h5-7,12-13,24H,8-11H2,1-4H3/t13-,21-/m1/s1. The van der Waals surface area contributed by atoms with Gasteiger partial charge in [0.05, 0.1) is 7.11 Å². The molecule has 26 heavy (non-hydrogen) atoms. The van der Waals surface area contributed by atoms with Crippen LogP contribution in [0.2, 0.25) is 0 Å². The molecule has 1 N–H and O–H groups in total. The van der Waals surface area contributed by atoms with Gasteiger partial charge in [0.2, 0.25) is 0 Å². The van der Waals surface area contributed by atoms with Crippen LogP contribution < -0.4 is 9.64 Å². The molecule has 3 aromatic rings. The molecule has 2 atom stereocenters. The zero-order chi connectivity index (χ0) is 18.1. The van der Waals surface area contributed by atoms with Crippen LogP contribution in [-0.4, -0.2) is 34.6 Å². The molecule has 1 aromatic carbocycles. The Hall–Kier alpha value is -2.30. The van der Waals surface area contributed by atoms with Gasteiger partial charge in [0.1, 0.15) is 23.1 Å². The van der Waals surface area contributed by atoms with Gasteiger partial charge in [-0.2, -0.15) is 0 Å². The van der Waals surface area contributed by atoms with Gasteiger partial charge < -0.3 is 14.6 Å². The maximum absolute atomic E-state index is 5.40. The van der Waals surface area contributed by atoms with Crippen molar-refractivity contribution >= 4 is 27.8 Å². The molecule has 2 bridgehead atoms. The highest BCUT2D eigenvalue weighted by molar-refractivity contribution is 6.08. The van der Waals surface area contributed by atoms with Crippen molar-refractivity contribution in [2.75, 3.05) is 18.6 Å². The fraction of sp³-hybridized carbons (Fsp3) is 0.524. The maximum Gasteiger partial charge on any atom is 0.156 e. The Morgan fingerprint density at radius 3 is 2.85 bits per heavy atom. The summed E-state index contributed by atoms with van der Waals surface area (Å²) >= 11 is 0. The van der Waals surface area contributed by atoms with Crippen LogP contribution in [0.5, 0.6) is 5.75 Å². The van der Waals surface area contributed by atoms with E-state index in [-0.39, 0.29) is 0 Å². The normalized spacial score (nSPS) is 27.4. The second-order valence-electron chi connectivity index (χ2n) is 9.30. The van der Waals surface area contributed by atoms with Crippen molar-refractivity contribution in [2.45, 2.75) is 46.1 Å². The fourth-order valence-corrected chi connectivity index (χ4v) is 5.71. The van der Waals surface area contributed by atoms with Gasteiger partial charge in [0.25, 0.3) is 0 Å². The summed E-state index contributed by atoms with van der Waals surface area (Å²) in [6.45, 7) is 8.33. The van der Waals surface area contributed by atoms with E-state index >= 15 is 0 Å². The van der Waals surface area contributed by atoms with Crippen molar-refractivity contribution in [3.05, 3.63) is 24.5 Å². The number of hydrogen-bond donors (Lipinski definition) is 1. The molecule has 1 aliphatic carbocycles. The summed E-state index contributed by atoms with van der Waals surface area (Å²) in [5.41, 5.74) is 3.88. The molecule has 1 aliphatic heterocycles. The van der Waals surface area contributed by atoms with Gasteiger partial charge in [-0.05, 0) is 48.3 Å². The lowest BCUT2D eigenvalue weighted by atomic mass is 9.65. The summed E-state index contributed by atoms with van der Waals surface area (Å²) in [5, 5.41) is 1.09.